The summed E-state index contributed by atoms with van der Waals surface area (Å²) in [5.74, 6) is -0.530. The molecular weight excluding hydrogens is 254 g/mol. The van der Waals surface area contributed by atoms with E-state index in [4.69, 9.17) is 0 Å². The highest BCUT2D eigenvalue weighted by molar-refractivity contribution is 5.73. The van der Waals surface area contributed by atoms with Gasteiger partial charge in [-0.25, -0.2) is 8.78 Å². The van der Waals surface area contributed by atoms with Gasteiger partial charge < -0.3 is 0 Å². The van der Waals surface area contributed by atoms with Gasteiger partial charge in [-0.3, -0.25) is 0 Å². The lowest BCUT2D eigenvalue weighted by Gasteiger charge is -2.06. The van der Waals surface area contributed by atoms with Gasteiger partial charge >= 0.3 is 0 Å². The van der Waals surface area contributed by atoms with Crippen LogP contribution in [-0.2, 0) is 0 Å². The average Bonchev–Trinajstić information content (AvgIpc) is 2.47. The molecule has 0 saturated heterocycles. The van der Waals surface area contributed by atoms with Gasteiger partial charge in [-0.15, -0.1) is 0 Å². The molecule has 0 unspecified atom stereocenters. The van der Waals surface area contributed by atoms with Gasteiger partial charge in [0.2, 0.25) is 0 Å². The maximum Gasteiger partial charge on any atom is 0.123 e. The van der Waals surface area contributed by atoms with Gasteiger partial charge in [-0.05, 0) is 52.6 Å². The van der Waals surface area contributed by atoms with Gasteiger partial charge in [-0.1, -0.05) is 42.5 Å². The van der Waals surface area contributed by atoms with Crippen LogP contribution in [0.1, 0.15) is 0 Å². The molecule has 0 aliphatic carbocycles. The Morgan fingerprint density at radius 2 is 0.800 bits per heavy atom. The topological polar surface area (TPSA) is 0 Å². The van der Waals surface area contributed by atoms with E-state index in [0.29, 0.717) is 0 Å². The highest BCUT2D eigenvalue weighted by atomic mass is 19.1. The monoisotopic (exact) mass is 266 g/mol. The molecule has 0 spiro atoms. The van der Waals surface area contributed by atoms with Crippen molar-refractivity contribution in [2.75, 3.05) is 0 Å². The van der Waals surface area contributed by atoms with Crippen molar-refractivity contribution < 1.29 is 8.78 Å². The van der Waals surface area contributed by atoms with Crippen molar-refractivity contribution in [2.24, 2.45) is 0 Å². The van der Waals surface area contributed by atoms with Crippen LogP contribution in [0.3, 0.4) is 0 Å². The largest absolute Gasteiger partial charge is 0.207 e. The third-order valence-corrected chi connectivity index (χ3v) is 3.18. The summed E-state index contributed by atoms with van der Waals surface area (Å²) >= 11 is 0. The van der Waals surface area contributed by atoms with E-state index in [9.17, 15) is 8.78 Å². The zero-order chi connectivity index (χ0) is 13.9. The van der Waals surface area contributed by atoms with Crippen LogP contribution >= 0.6 is 0 Å². The Labute approximate surface area is 116 Å². The lowest BCUT2D eigenvalue weighted by Crippen LogP contribution is -1.83. The number of benzene rings is 3. The molecule has 0 atom stereocenters. The molecule has 98 valence electrons. The van der Waals surface area contributed by atoms with Crippen LogP contribution < -0.4 is 0 Å². The molecule has 0 radical (unpaired) electrons. The minimum absolute atomic E-state index is 0.265. The van der Waals surface area contributed by atoms with Gasteiger partial charge in [0, 0.05) is 0 Å². The van der Waals surface area contributed by atoms with Crippen molar-refractivity contribution in [1.29, 1.82) is 0 Å². The molecule has 0 amide bonds. The summed E-state index contributed by atoms with van der Waals surface area (Å²) in [6.07, 6.45) is 0. The van der Waals surface area contributed by atoms with Crippen molar-refractivity contribution in [3.05, 3.63) is 84.4 Å². The maximum atomic E-state index is 13.3. The Morgan fingerprint density at radius 3 is 1.20 bits per heavy atom. The number of rotatable bonds is 2. The van der Waals surface area contributed by atoms with Crippen LogP contribution in [0.2, 0.25) is 0 Å². The Balaban J connectivity index is 2.06. The lowest BCUT2D eigenvalue weighted by atomic mass is 9.99. The van der Waals surface area contributed by atoms with Crippen LogP contribution in [0.15, 0.2) is 72.8 Å². The molecule has 0 bridgehead atoms. The first-order valence-corrected chi connectivity index (χ1v) is 6.34. The molecule has 3 rings (SSSR count). The van der Waals surface area contributed by atoms with Crippen molar-refractivity contribution in [3.63, 3.8) is 0 Å². The number of hydrogen-bond donors (Lipinski definition) is 0. The summed E-state index contributed by atoms with van der Waals surface area (Å²) in [7, 11) is 0. The molecule has 0 nitrogen and oxygen atoms in total. The van der Waals surface area contributed by atoms with Crippen molar-refractivity contribution in [1.82, 2.24) is 0 Å². The van der Waals surface area contributed by atoms with Crippen LogP contribution in [-0.4, -0.2) is 0 Å². The molecule has 0 aliphatic heterocycles. The average molecular weight is 266 g/mol. The first-order valence-electron chi connectivity index (χ1n) is 6.34. The predicted molar refractivity (Wildman–Crippen MR) is 77.2 cm³/mol. The fourth-order valence-electron chi connectivity index (χ4n) is 2.21. The van der Waals surface area contributed by atoms with E-state index in [1.807, 2.05) is 36.4 Å². The standard InChI is InChI=1S/C18H12F2/c19-17-8-2-6-15(11-17)13-4-1-5-14(10-13)16-7-3-9-18(20)12-16/h1-12H. The molecule has 0 aromatic heterocycles. The van der Waals surface area contributed by atoms with Gasteiger partial charge in [0.05, 0.1) is 0 Å². The molecule has 20 heavy (non-hydrogen) atoms. The quantitative estimate of drug-likeness (QED) is 0.590. The molecule has 3 aromatic rings. The van der Waals surface area contributed by atoms with Gasteiger partial charge in [0.25, 0.3) is 0 Å². The molecule has 3 aromatic carbocycles. The Hall–Kier alpha value is -2.48. The van der Waals surface area contributed by atoms with Crippen molar-refractivity contribution in [3.8, 4) is 22.3 Å². The van der Waals surface area contributed by atoms with E-state index >= 15 is 0 Å². The first kappa shape index (κ1) is 12.5. The molecule has 0 heterocycles. The molecule has 0 fully saturated rings. The minimum Gasteiger partial charge on any atom is -0.207 e. The molecule has 2 heteroatoms. The third-order valence-electron chi connectivity index (χ3n) is 3.18. The molecule has 0 saturated carbocycles. The summed E-state index contributed by atoms with van der Waals surface area (Å²) in [5, 5.41) is 0. The van der Waals surface area contributed by atoms with Crippen LogP contribution in [0.4, 0.5) is 8.78 Å². The van der Waals surface area contributed by atoms with E-state index in [1.54, 1.807) is 12.1 Å². The second kappa shape index (κ2) is 5.25. The number of halogens is 2. The molecular formula is C18H12F2. The fraction of sp³-hybridized carbons (Fsp3) is 0. The molecule has 0 N–H and O–H groups in total. The predicted octanol–water partition coefficient (Wildman–Crippen LogP) is 5.30. The normalized spacial score (nSPS) is 10.5. The zero-order valence-corrected chi connectivity index (χ0v) is 10.7. The summed E-state index contributed by atoms with van der Waals surface area (Å²) in [5.41, 5.74) is 3.43. The van der Waals surface area contributed by atoms with E-state index in [-0.39, 0.29) is 11.6 Å². The minimum atomic E-state index is -0.265. The SMILES string of the molecule is Fc1cccc(-c2cccc(-c3cccc(F)c3)c2)c1. The van der Waals surface area contributed by atoms with Gasteiger partial charge in [0.15, 0.2) is 0 Å². The van der Waals surface area contributed by atoms with Crippen LogP contribution in [0.25, 0.3) is 22.3 Å². The second-order valence-electron chi connectivity index (χ2n) is 4.60. The lowest BCUT2D eigenvalue weighted by molar-refractivity contribution is 0.628. The Morgan fingerprint density at radius 1 is 0.450 bits per heavy atom. The summed E-state index contributed by atoms with van der Waals surface area (Å²) in [6.45, 7) is 0. The summed E-state index contributed by atoms with van der Waals surface area (Å²) in [4.78, 5) is 0. The summed E-state index contributed by atoms with van der Waals surface area (Å²) in [6, 6.07) is 20.5. The van der Waals surface area contributed by atoms with Crippen molar-refractivity contribution in [2.45, 2.75) is 0 Å². The maximum absolute atomic E-state index is 13.3. The Kier molecular flexibility index (Phi) is 3.30. The van der Waals surface area contributed by atoms with Crippen LogP contribution in [0, 0.1) is 11.6 Å². The van der Waals surface area contributed by atoms with Crippen molar-refractivity contribution >= 4 is 0 Å². The highest BCUT2D eigenvalue weighted by Gasteiger charge is 2.03. The smallest absolute Gasteiger partial charge is 0.123 e. The number of hydrogen-bond acceptors (Lipinski definition) is 0. The van der Waals surface area contributed by atoms with E-state index < -0.39 is 0 Å². The zero-order valence-electron chi connectivity index (χ0n) is 10.7. The summed E-state index contributed by atoms with van der Waals surface area (Å²) < 4.78 is 26.6. The fourth-order valence-corrected chi connectivity index (χ4v) is 2.21. The van der Waals surface area contributed by atoms with E-state index in [2.05, 4.69) is 0 Å². The van der Waals surface area contributed by atoms with Gasteiger partial charge in [0.1, 0.15) is 11.6 Å². The molecule has 0 aliphatic rings. The third kappa shape index (κ3) is 2.59. The second-order valence-corrected chi connectivity index (χ2v) is 4.60. The first-order chi connectivity index (χ1) is 9.72. The van der Waals surface area contributed by atoms with Gasteiger partial charge in [-0.2, -0.15) is 0 Å². The van der Waals surface area contributed by atoms with E-state index in [0.717, 1.165) is 22.3 Å². The van der Waals surface area contributed by atoms with E-state index in [1.165, 1.54) is 24.3 Å². The van der Waals surface area contributed by atoms with Crippen LogP contribution in [0.5, 0.6) is 0 Å². The Bertz CT molecular complexity index is 687. The highest BCUT2D eigenvalue weighted by Crippen LogP contribution is 2.27.